The number of anilines is 2. The molecular formula is C23H25ClFN5O. The smallest absolute Gasteiger partial charge is 0.242 e. The largest absolute Gasteiger partial charge is 0.340 e. The third-order valence-electron chi connectivity index (χ3n) is 5.35. The number of imidazole rings is 1. The van der Waals surface area contributed by atoms with Gasteiger partial charge in [-0.3, -0.25) is 4.79 Å². The SMILES string of the molecule is Cc1cc(Nc2c(-c3ccc(F)cc3)nc3n2CCN(C(=O)C(C)(C)N)C3)ccc1Cl. The molecule has 8 heteroatoms. The molecule has 0 bridgehead atoms. The Labute approximate surface area is 185 Å². The van der Waals surface area contributed by atoms with Crippen molar-refractivity contribution in [2.75, 3.05) is 11.9 Å². The highest BCUT2D eigenvalue weighted by atomic mass is 35.5. The van der Waals surface area contributed by atoms with Crippen LogP contribution in [0.3, 0.4) is 0 Å². The van der Waals surface area contributed by atoms with Crippen LogP contribution < -0.4 is 11.1 Å². The standard InChI is InChI=1S/C23H25ClFN5O/c1-14-12-17(8-9-18(14)24)27-21-20(15-4-6-16(25)7-5-15)28-19-13-29(10-11-30(19)21)22(31)23(2,3)26/h4-9,12,27H,10-11,13,26H2,1-3H3. The molecule has 0 saturated heterocycles. The summed E-state index contributed by atoms with van der Waals surface area (Å²) in [6.07, 6.45) is 0. The maximum atomic E-state index is 13.5. The van der Waals surface area contributed by atoms with E-state index in [1.54, 1.807) is 30.9 Å². The monoisotopic (exact) mass is 441 g/mol. The first-order chi connectivity index (χ1) is 14.6. The lowest BCUT2D eigenvalue weighted by molar-refractivity contribution is -0.137. The van der Waals surface area contributed by atoms with Crippen molar-refractivity contribution in [2.45, 2.75) is 39.4 Å². The molecule has 4 rings (SSSR count). The Hall–Kier alpha value is -2.90. The molecule has 1 aliphatic rings. The fraction of sp³-hybridized carbons (Fsp3) is 0.304. The molecule has 2 aromatic carbocycles. The molecule has 6 nitrogen and oxygen atoms in total. The van der Waals surface area contributed by atoms with Crippen molar-refractivity contribution in [3.63, 3.8) is 0 Å². The first kappa shape index (κ1) is 21.3. The van der Waals surface area contributed by atoms with Gasteiger partial charge in [0.1, 0.15) is 23.2 Å². The zero-order valence-corrected chi connectivity index (χ0v) is 18.5. The van der Waals surface area contributed by atoms with Gasteiger partial charge in [0, 0.05) is 29.4 Å². The highest BCUT2D eigenvalue weighted by Crippen LogP contribution is 2.34. The molecule has 0 radical (unpaired) electrons. The van der Waals surface area contributed by atoms with Crippen LogP contribution in [0.2, 0.25) is 5.02 Å². The number of nitrogens with one attached hydrogen (secondary N) is 1. The normalized spacial score (nSPS) is 13.8. The average Bonchev–Trinajstić information content (AvgIpc) is 3.07. The van der Waals surface area contributed by atoms with E-state index in [2.05, 4.69) is 9.88 Å². The number of carbonyl (C=O) groups excluding carboxylic acids is 1. The molecule has 3 N–H and O–H groups in total. The van der Waals surface area contributed by atoms with Gasteiger partial charge in [-0.05, 0) is 68.8 Å². The first-order valence-electron chi connectivity index (χ1n) is 10.1. The molecule has 1 aromatic heterocycles. The van der Waals surface area contributed by atoms with Crippen molar-refractivity contribution in [2.24, 2.45) is 5.73 Å². The Morgan fingerprint density at radius 3 is 2.55 bits per heavy atom. The fourth-order valence-corrected chi connectivity index (χ4v) is 3.82. The number of fused-ring (bicyclic) bond motifs is 1. The second-order valence-electron chi connectivity index (χ2n) is 8.42. The van der Waals surface area contributed by atoms with E-state index >= 15 is 0 Å². The van der Waals surface area contributed by atoms with Crippen LogP contribution in [-0.2, 0) is 17.9 Å². The summed E-state index contributed by atoms with van der Waals surface area (Å²) in [5.41, 5.74) is 8.38. The molecule has 0 aliphatic carbocycles. The minimum atomic E-state index is -0.948. The van der Waals surface area contributed by atoms with Gasteiger partial charge in [-0.25, -0.2) is 9.37 Å². The summed E-state index contributed by atoms with van der Waals surface area (Å²) in [6.45, 7) is 6.81. The summed E-state index contributed by atoms with van der Waals surface area (Å²) < 4.78 is 15.6. The zero-order chi connectivity index (χ0) is 22.3. The highest BCUT2D eigenvalue weighted by Gasteiger charge is 2.32. The fourth-order valence-electron chi connectivity index (χ4n) is 3.71. The minimum absolute atomic E-state index is 0.118. The van der Waals surface area contributed by atoms with Gasteiger partial charge in [0.2, 0.25) is 5.91 Å². The molecule has 3 aromatic rings. The van der Waals surface area contributed by atoms with Crippen molar-refractivity contribution in [3.05, 3.63) is 64.7 Å². The van der Waals surface area contributed by atoms with E-state index in [0.29, 0.717) is 30.4 Å². The summed E-state index contributed by atoms with van der Waals surface area (Å²) in [6, 6.07) is 11.9. The number of halogens is 2. The number of nitrogens with two attached hydrogens (primary N) is 1. The van der Waals surface area contributed by atoms with E-state index in [1.807, 2.05) is 25.1 Å². The second kappa shape index (κ2) is 7.98. The summed E-state index contributed by atoms with van der Waals surface area (Å²) in [5.74, 6) is 1.12. The van der Waals surface area contributed by atoms with E-state index in [1.165, 1.54) is 12.1 Å². The molecule has 0 fully saturated rings. The lowest BCUT2D eigenvalue weighted by atomic mass is 10.1. The predicted molar refractivity (Wildman–Crippen MR) is 121 cm³/mol. The quantitative estimate of drug-likeness (QED) is 0.626. The molecule has 0 unspecified atom stereocenters. The van der Waals surface area contributed by atoms with Gasteiger partial charge in [-0.1, -0.05) is 11.6 Å². The van der Waals surface area contributed by atoms with E-state index in [4.69, 9.17) is 22.3 Å². The molecule has 1 aliphatic heterocycles. The predicted octanol–water partition coefficient (Wildman–Crippen LogP) is 4.47. The van der Waals surface area contributed by atoms with Crippen molar-refractivity contribution in [1.82, 2.24) is 14.5 Å². The molecular weight excluding hydrogens is 417 g/mol. The molecule has 0 saturated carbocycles. The summed E-state index contributed by atoms with van der Waals surface area (Å²) >= 11 is 6.17. The zero-order valence-electron chi connectivity index (χ0n) is 17.7. The molecule has 2 heterocycles. The molecule has 0 spiro atoms. The summed E-state index contributed by atoms with van der Waals surface area (Å²) in [4.78, 5) is 19.2. The number of amides is 1. The average molecular weight is 442 g/mol. The number of aryl methyl sites for hydroxylation is 1. The van der Waals surface area contributed by atoms with Crippen LogP contribution in [0.1, 0.15) is 25.2 Å². The van der Waals surface area contributed by atoms with E-state index in [-0.39, 0.29) is 11.7 Å². The third kappa shape index (κ3) is 4.29. The Bertz CT molecular complexity index is 1130. The first-order valence-corrected chi connectivity index (χ1v) is 10.5. The lowest BCUT2D eigenvalue weighted by Gasteiger charge is -2.33. The van der Waals surface area contributed by atoms with Crippen LogP contribution in [0.15, 0.2) is 42.5 Å². The van der Waals surface area contributed by atoms with Crippen molar-refractivity contribution in [3.8, 4) is 11.3 Å². The van der Waals surface area contributed by atoms with Crippen LogP contribution in [-0.4, -0.2) is 32.4 Å². The van der Waals surface area contributed by atoms with Crippen molar-refractivity contribution < 1.29 is 9.18 Å². The van der Waals surface area contributed by atoms with Crippen molar-refractivity contribution in [1.29, 1.82) is 0 Å². The Kier molecular flexibility index (Phi) is 5.49. The number of nitrogens with zero attached hydrogens (tertiary/aromatic N) is 3. The third-order valence-corrected chi connectivity index (χ3v) is 5.77. The van der Waals surface area contributed by atoms with Crippen LogP contribution in [0.4, 0.5) is 15.9 Å². The van der Waals surface area contributed by atoms with Crippen LogP contribution in [0, 0.1) is 12.7 Å². The number of rotatable bonds is 4. The maximum absolute atomic E-state index is 13.5. The Balaban J connectivity index is 1.76. The molecule has 0 atom stereocenters. The van der Waals surface area contributed by atoms with Crippen LogP contribution in [0.25, 0.3) is 11.3 Å². The number of carbonyl (C=O) groups is 1. The minimum Gasteiger partial charge on any atom is -0.340 e. The molecule has 31 heavy (non-hydrogen) atoms. The summed E-state index contributed by atoms with van der Waals surface area (Å²) in [7, 11) is 0. The van der Waals surface area contributed by atoms with Gasteiger partial charge in [0.25, 0.3) is 0 Å². The number of benzene rings is 2. The van der Waals surface area contributed by atoms with Gasteiger partial charge in [0.15, 0.2) is 0 Å². The van der Waals surface area contributed by atoms with Crippen molar-refractivity contribution >= 4 is 29.0 Å². The number of hydrogen-bond acceptors (Lipinski definition) is 4. The Morgan fingerprint density at radius 1 is 1.19 bits per heavy atom. The summed E-state index contributed by atoms with van der Waals surface area (Å²) in [5, 5.41) is 4.15. The highest BCUT2D eigenvalue weighted by molar-refractivity contribution is 6.31. The number of aromatic nitrogens is 2. The van der Waals surface area contributed by atoms with Gasteiger partial charge in [0.05, 0.1) is 12.1 Å². The Morgan fingerprint density at radius 2 is 1.90 bits per heavy atom. The second-order valence-corrected chi connectivity index (χ2v) is 8.83. The van der Waals surface area contributed by atoms with Crippen LogP contribution in [0.5, 0.6) is 0 Å². The topological polar surface area (TPSA) is 76.2 Å². The van der Waals surface area contributed by atoms with E-state index in [9.17, 15) is 9.18 Å². The van der Waals surface area contributed by atoms with E-state index < -0.39 is 5.54 Å². The van der Waals surface area contributed by atoms with Gasteiger partial charge in [-0.15, -0.1) is 0 Å². The van der Waals surface area contributed by atoms with Crippen LogP contribution >= 0.6 is 11.6 Å². The maximum Gasteiger partial charge on any atom is 0.242 e. The van der Waals surface area contributed by atoms with Gasteiger partial charge < -0.3 is 20.5 Å². The molecule has 162 valence electrons. The lowest BCUT2D eigenvalue weighted by Crippen LogP contribution is -2.52. The number of hydrogen-bond donors (Lipinski definition) is 2. The van der Waals surface area contributed by atoms with E-state index in [0.717, 1.165) is 28.5 Å². The van der Waals surface area contributed by atoms with Gasteiger partial charge >= 0.3 is 0 Å². The molecule has 1 amide bonds. The van der Waals surface area contributed by atoms with Gasteiger partial charge in [-0.2, -0.15) is 0 Å².